The Balaban J connectivity index is 2.18. The van der Waals surface area contributed by atoms with Gasteiger partial charge in [0.05, 0.1) is 0 Å². The molecule has 0 heterocycles. The quantitative estimate of drug-likeness (QED) is 0.483. The SMILES string of the molecule is CCCCCC(=O)CCCC(=O)c1ccccc1. The van der Waals surface area contributed by atoms with Gasteiger partial charge in [0.15, 0.2) is 5.78 Å². The van der Waals surface area contributed by atoms with Crippen LogP contribution in [-0.2, 0) is 4.79 Å². The second-order valence-corrected chi connectivity index (χ2v) is 4.64. The second-order valence-electron chi connectivity index (χ2n) is 4.64. The Morgan fingerprint density at radius 3 is 2.22 bits per heavy atom. The van der Waals surface area contributed by atoms with Crippen LogP contribution in [0.25, 0.3) is 0 Å². The standard InChI is InChI=1S/C16H22O2/c1-2-3-5-11-15(17)12-8-13-16(18)14-9-6-4-7-10-14/h4,6-7,9-10H,2-3,5,8,11-13H2,1H3. The molecule has 0 aliphatic heterocycles. The maximum Gasteiger partial charge on any atom is 0.162 e. The third-order valence-electron chi connectivity index (χ3n) is 3.01. The molecule has 1 aromatic carbocycles. The zero-order valence-corrected chi connectivity index (χ0v) is 11.2. The number of carbonyl (C=O) groups is 2. The van der Waals surface area contributed by atoms with Gasteiger partial charge in [-0.3, -0.25) is 9.59 Å². The van der Waals surface area contributed by atoms with E-state index in [1.165, 1.54) is 0 Å². The van der Waals surface area contributed by atoms with Gasteiger partial charge in [0.1, 0.15) is 5.78 Å². The number of Topliss-reactive ketones (excluding diaryl/α,β-unsaturated/α-hetero) is 2. The van der Waals surface area contributed by atoms with Crippen molar-refractivity contribution >= 4 is 11.6 Å². The average molecular weight is 246 g/mol. The van der Waals surface area contributed by atoms with Crippen LogP contribution >= 0.6 is 0 Å². The number of hydrogen-bond acceptors (Lipinski definition) is 2. The first-order chi connectivity index (χ1) is 8.74. The number of hydrogen-bond donors (Lipinski definition) is 0. The lowest BCUT2D eigenvalue weighted by atomic mass is 10.0. The van der Waals surface area contributed by atoms with Crippen LogP contribution in [0, 0.1) is 0 Å². The first-order valence-corrected chi connectivity index (χ1v) is 6.84. The molecule has 18 heavy (non-hydrogen) atoms. The molecule has 0 aliphatic rings. The molecule has 0 atom stereocenters. The summed E-state index contributed by atoms with van der Waals surface area (Å²) >= 11 is 0. The second kappa shape index (κ2) is 8.62. The Morgan fingerprint density at radius 2 is 1.56 bits per heavy atom. The Labute approximate surface area is 109 Å². The van der Waals surface area contributed by atoms with Crippen LogP contribution in [0.1, 0.15) is 62.2 Å². The number of ketones is 2. The van der Waals surface area contributed by atoms with Crippen LogP contribution in [0.4, 0.5) is 0 Å². The molecule has 2 heteroatoms. The fourth-order valence-electron chi connectivity index (χ4n) is 1.91. The molecule has 0 N–H and O–H groups in total. The number of unbranched alkanes of at least 4 members (excludes halogenated alkanes) is 2. The largest absolute Gasteiger partial charge is 0.300 e. The van der Waals surface area contributed by atoms with Crippen molar-refractivity contribution < 1.29 is 9.59 Å². The summed E-state index contributed by atoms with van der Waals surface area (Å²) in [6.45, 7) is 2.13. The Kier molecular flexibility index (Phi) is 7.00. The van der Waals surface area contributed by atoms with Crippen LogP contribution in [0.2, 0.25) is 0 Å². The molecular formula is C16H22O2. The van der Waals surface area contributed by atoms with Crippen molar-refractivity contribution in [2.45, 2.75) is 51.9 Å². The molecule has 0 bridgehead atoms. The minimum absolute atomic E-state index is 0.136. The molecule has 2 nitrogen and oxygen atoms in total. The van der Waals surface area contributed by atoms with Gasteiger partial charge in [-0.2, -0.15) is 0 Å². The average Bonchev–Trinajstić information content (AvgIpc) is 2.40. The van der Waals surface area contributed by atoms with E-state index in [0.29, 0.717) is 31.5 Å². The summed E-state index contributed by atoms with van der Waals surface area (Å²) in [5.41, 5.74) is 0.746. The van der Waals surface area contributed by atoms with Crippen LogP contribution in [-0.4, -0.2) is 11.6 Å². The maximum absolute atomic E-state index is 11.8. The van der Waals surface area contributed by atoms with Crippen LogP contribution in [0.5, 0.6) is 0 Å². The lowest BCUT2D eigenvalue weighted by Gasteiger charge is -2.01. The number of benzene rings is 1. The lowest BCUT2D eigenvalue weighted by molar-refractivity contribution is -0.119. The molecule has 0 fully saturated rings. The van der Waals surface area contributed by atoms with Gasteiger partial charge >= 0.3 is 0 Å². The van der Waals surface area contributed by atoms with Gasteiger partial charge in [0.25, 0.3) is 0 Å². The molecule has 0 spiro atoms. The van der Waals surface area contributed by atoms with Gasteiger partial charge in [-0.25, -0.2) is 0 Å². The zero-order valence-electron chi connectivity index (χ0n) is 11.2. The molecule has 0 saturated heterocycles. The Bertz CT molecular complexity index is 368. The van der Waals surface area contributed by atoms with E-state index < -0.39 is 0 Å². The minimum Gasteiger partial charge on any atom is -0.300 e. The van der Waals surface area contributed by atoms with Gasteiger partial charge in [-0.15, -0.1) is 0 Å². The zero-order chi connectivity index (χ0) is 13.2. The fraction of sp³-hybridized carbons (Fsp3) is 0.500. The molecule has 98 valence electrons. The molecule has 1 rings (SSSR count). The topological polar surface area (TPSA) is 34.1 Å². The van der Waals surface area contributed by atoms with Crippen LogP contribution in [0.15, 0.2) is 30.3 Å². The van der Waals surface area contributed by atoms with E-state index in [9.17, 15) is 9.59 Å². The highest BCUT2D eigenvalue weighted by atomic mass is 16.1. The number of carbonyl (C=O) groups excluding carboxylic acids is 2. The first-order valence-electron chi connectivity index (χ1n) is 6.84. The van der Waals surface area contributed by atoms with Crippen LogP contribution < -0.4 is 0 Å². The van der Waals surface area contributed by atoms with Gasteiger partial charge < -0.3 is 0 Å². The van der Waals surface area contributed by atoms with Crippen LogP contribution in [0.3, 0.4) is 0 Å². The third kappa shape index (κ3) is 5.76. The van der Waals surface area contributed by atoms with E-state index in [2.05, 4.69) is 6.92 Å². The molecule has 1 aromatic rings. The Hall–Kier alpha value is -1.44. The van der Waals surface area contributed by atoms with E-state index in [4.69, 9.17) is 0 Å². The summed E-state index contributed by atoms with van der Waals surface area (Å²) in [4.78, 5) is 23.3. The van der Waals surface area contributed by atoms with Gasteiger partial charge in [-0.1, -0.05) is 50.1 Å². The van der Waals surface area contributed by atoms with Crippen molar-refractivity contribution in [2.24, 2.45) is 0 Å². The lowest BCUT2D eigenvalue weighted by Crippen LogP contribution is -2.02. The van der Waals surface area contributed by atoms with E-state index in [-0.39, 0.29) is 5.78 Å². The molecule has 0 saturated carbocycles. The maximum atomic E-state index is 11.8. The fourth-order valence-corrected chi connectivity index (χ4v) is 1.91. The van der Waals surface area contributed by atoms with Gasteiger partial charge in [0.2, 0.25) is 0 Å². The number of rotatable bonds is 9. The molecule has 0 amide bonds. The van der Waals surface area contributed by atoms with Crippen molar-refractivity contribution in [3.05, 3.63) is 35.9 Å². The summed E-state index contributed by atoms with van der Waals surface area (Å²) in [6, 6.07) is 9.27. The van der Waals surface area contributed by atoms with E-state index >= 15 is 0 Å². The summed E-state index contributed by atoms with van der Waals surface area (Å²) in [7, 11) is 0. The van der Waals surface area contributed by atoms with Crippen molar-refractivity contribution in [3.63, 3.8) is 0 Å². The normalized spacial score (nSPS) is 10.3. The predicted molar refractivity (Wildman–Crippen MR) is 73.8 cm³/mol. The summed E-state index contributed by atoms with van der Waals surface area (Å²) < 4.78 is 0. The molecule has 0 aromatic heterocycles. The van der Waals surface area contributed by atoms with Gasteiger partial charge in [-0.05, 0) is 12.8 Å². The summed E-state index contributed by atoms with van der Waals surface area (Å²) in [5.74, 6) is 0.432. The van der Waals surface area contributed by atoms with Gasteiger partial charge in [0, 0.05) is 24.8 Å². The highest BCUT2D eigenvalue weighted by Crippen LogP contribution is 2.09. The highest BCUT2D eigenvalue weighted by Gasteiger charge is 2.07. The molecule has 0 radical (unpaired) electrons. The summed E-state index contributed by atoms with van der Waals surface area (Å²) in [5, 5.41) is 0. The highest BCUT2D eigenvalue weighted by molar-refractivity contribution is 5.96. The summed E-state index contributed by atoms with van der Waals surface area (Å²) in [6.07, 6.45) is 5.62. The van der Waals surface area contributed by atoms with E-state index in [1.54, 1.807) is 0 Å². The minimum atomic E-state index is 0.136. The van der Waals surface area contributed by atoms with Crippen molar-refractivity contribution in [2.75, 3.05) is 0 Å². The van der Waals surface area contributed by atoms with E-state index in [1.807, 2.05) is 30.3 Å². The smallest absolute Gasteiger partial charge is 0.162 e. The third-order valence-corrected chi connectivity index (χ3v) is 3.01. The Morgan fingerprint density at radius 1 is 0.889 bits per heavy atom. The van der Waals surface area contributed by atoms with E-state index in [0.717, 1.165) is 24.8 Å². The first kappa shape index (κ1) is 14.6. The van der Waals surface area contributed by atoms with Crippen molar-refractivity contribution in [1.82, 2.24) is 0 Å². The molecular weight excluding hydrogens is 224 g/mol. The van der Waals surface area contributed by atoms with Crippen molar-refractivity contribution in [1.29, 1.82) is 0 Å². The predicted octanol–water partition coefficient (Wildman–Crippen LogP) is 4.19. The monoisotopic (exact) mass is 246 g/mol. The molecule has 0 aliphatic carbocycles. The van der Waals surface area contributed by atoms with Crippen molar-refractivity contribution in [3.8, 4) is 0 Å². The molecule has 0 unspecified atom stereocenters.